The number of ether oxygens (including phenoxy) is 2. The van der Waals surface area contributed by atoms with E-state index in [0.29, 0.717) is 34.1 Å². The van der Waals surface area contributed by atoms with E-state index in [2.05, 4.69) is 20.1 Å². The van der Waals surface area contributed by atoms with Crippen LogP contribution >= 0.6 is 0 Å². The maximum absolute atomic E-state index is 12.9. The first kappa shape index (κ1) is 20.1. The van der Waals surface area contributed by atoms with Crippen LogP contribution in [-0.4, -0.2) is 43.5 Å². The van der Waals surface area contributed by atoms with Crippen molar-refractivity contribution in [3.8, 4) is 45.4 Å². The molecule has 158 valence electrons. The Bertz CT molecular complexity index is 1300. The van der Waals surface area contributed by atoms with Crippen molar-refractivity contribution in [2.75, 3.05) is 20.0 Å². The lowest BCUT2D eigenvalue weighted by Gasteiger charge is -2.11. The fourth-order valence-electron chi connectivity index (χ4n) is 3.13. The summed E-state index contributed by atoms with van der Waals surface area (Å²) >= 11 is 0. The average molecular weight is 419 g/mol. The Hall–Kier alpha value is -4.21. The van der Waals surface area contributed by atoms with Gasteiger partial charge in [0, 0.05) is 43.7 Å². The molecule has 0 atom stereocenters. The van der Waals surface area contributed by atoms with Crippen LogP contribution in [0.3, 0.4) is 0 Å². The summed E-state index contributed by atoms with van der Waals surface area (Å²) in [5.74, 6) is 1.29. The lowest BCUT2D eigenvalue weighted by atomic mass is 10.1. The van der Waals surface area contributed by atoms with E-state index < -0.39 is 0 Å². The van der Waals surface area contributed by atoms with Crippen molar-refractivity contribution in [3.63, 3.8) is 0 Å². The highest BCUT2D eigenvalue weighted by atomic mass is 16.5. The van der Waals surface area contributed by atoms with Gasteiger partial charge in [-0.25, -0.2) is 15.0 Å². The first-order valence-corrected chi connectivity index (χ1v) is 9.32. The smallest absolute Gasteiger partial charge is 0.276 e. The summed E-state index contributed by atoms with van der Waals surface area (Å²) in [5, 5.41) is 4.16. The Balaban J connectivity index is 1.89. The van der Waals surface area contributed by atoms with Crippen molar-refractivity contribution in [1.82, 2.24) is 29.3 Å². The SMILES string of the molecule is COc1cc(OC)cc(-c2nc(-c3nc(-c4cnn(C)c4)cnc3N)cn(C)c2=O)c1. The monoisotopic (exact) mass is 419 g/mol. The number of hydrogen-bond donors (Lipinski definition) is 1. The maximum atomic E-state index is 12.9. The van der Waals surface area contributed by atoms with Gasteiger partial charge in [-0.1, -0.05) is 0 Å². The number of nitrogen functional groups attached to an aromatic ring is 1. The lowest BCUT2D eigenvalue weighted by Crippen LogP contribution is -2.20. The number of aryl methyl sites for hydroxylation is 2. The number of benzene rings is 1. The summed E-state index contributed by atoms with van der Waals surface area (Å²) < 4.78 is 13.8. The minimum absolute atomic E-state index is 0.202. The minimum Gasteiger partial charge on any atom is -0.497 e. The second-order valence-corrected chi connectivity index (χ2v) is 6.88. The van der Waals surface area contributed by atoms with Gasteiger partial charge >= 0.3 is 0 Å². The summed E-state index contributed by atoms with van der Waals surface area (Å²) in [5.41, 5.74) is 8.76. The minimum atomic E-state index is -0.283. The molecular formula is C21H21N7O3. The maximum Gasteiger partial charge on any atom is 0.276 e. The highest BCUT2D eigenvalue weighted by molar-refractivity contribution is 5.72. The fourth-order valence-corrected chi connectivity index (χ4v) is 3.13. The van der Waals surface area contributed by atoms with E-state index >= 15 is 0 Å². The number of rotatable bonds is 5. The molecule has 0 fully saturated rings. The molecule has 3 heterocycles. The Morgan fingerprint density at radius 3 is 2.16 bits per heavy atom. The quantitative estimate of drug-likeness (QED) is 0.520. The molecule has 0 bridgehead atoms. The summed E-state index contributed by atoms with van der Waals surface area (Å²) in [7, 11) is 6.54. The van der Waals surface area contributed by atoms with E-state index in [1.54, 1.807) is 62.7 Å². The van der Waals surface area contributed by atoms with Gasteiger partial charge in [0.2, 0.25) is 0 Å². The molecule has 4 rings (SSSR count). The Morgan fingerprint density at radius 1 is 0.871 bits per heavy atom. The van der Waals surface area contributed by atoms with Gasteiger partial charge in [-0.3, -0.25) is 9.48 Å². The molecule has 0 amide bonds. The fraction of sp³-hybridized carbons (Fsp3) is 0.190. The van der Waals surface area contributed by atoms with E-state index in [4.69, 9.17) is 15.2 Å². The van der Waals surface area contributed by atoms with Crippen LogP contribution in [0, 0.1) is 0 Å². The van der Waals surface area contributed by atoms with Gasteiger partial charge in [-0.2, -0.15) is 5.10 Å². The Kier molecular flexibility index (Phi) is 5.12. The molecule has 10 heteroatoms. The van der Waals surface area contributed by atoms with E-state index in [1.807, 2.05) is 13.2 Å². The van der Waals surface area contributed by atoms with Crippen LogP contribution in [0.15, 0.2) is 47.8 Å². The number of hydrogen-bond acceptors (Lipinski definition) is 8. The third kappa shape index (κ3) is 3.82. The number of nitrogens with two attached hydrogens (primary N) is 1. The van der Waals surface area contributed by atoms with Gasteiger partial charge in [-0.05, 0) is 12.1 Å². The third-order valence-electron chi connectivity index (χ3n) is 4.74. The van der Waals surface area contributed by atoms with Crippen molar-refractivity contribution in [2.24, 2.45) is 14.1 Å². The zero-order chi connectivity index (χ0) is 22.1. The molecule has 0 radical (unpaired) electrons. The first-order chi connectivity index (χ1) is 14.9. The van der Waals surface area contributed by atoms with Gasteiger partial charge in [-0.15, -0.1) is 0 Å². The Labute approximate surface area is 177 Å². The molecule has 0 spiro atoms. The largest absolute Gasteiger partial charge is 0.497 e. The first-order valence-electron chi connectivity index (χ1n) is 9.32. The molecule has 0 saturated carbocycles. The highest BCUT2D eigenvalue weighted by Gasteiger charge is 2.17. The van der Waals surface area contributed by atoms with Gasteiger partial charge in [0.05, 0.1) is 32.3 Å². The van der Waals surface area contributed by atoms with Gasteiger partial charge < -0.3 is 19.8 Å². The lowest BCUT2D eigenvalue weighted by molar-refractivity contribution is 0.394. The Morgan fingerprint density at radius 2 is 1.55 bits per heavy atom. The molecule has 31 heavy (non-hydrogen) atoms. The third-order valence-corrected chi connectivity index (χ3v) is 4.74. The highest BCUT2D eigenvalue weighted by Crippen LogP contribution is 2.29. The van der Waals surface area contributed by atoms with E-state index in [9.17, 15) is 4.79 Å². The van der Waals surface area contributed by atoms with Crippen LogP contribution in [0.25, 0.3) is 33.9 Å². The van der Waals surface area contributed by atoms with Crippen LogP contribution in [0.5, 0.6) is 11.5 Å². The van der Waals surface area contributed by atoms with Gasteiger partial charge in [0.25, 0.3) is 5.56 Å². The molecule has 0 aliphatic rings. The average Bonchev–Trinajstić information content (AvgIpc) is 3.21. The molecule has 0 unspecified atom stereocenters. The molecular weight excluding hydrogens is 398 g/mol. The van der Waals surface area contributed by atoms with Gasteiger partial charge in [0.1, 0.15) is 28.6 Å². The predicted molar refractivity (Wildman–Crippen MR) is 116 cm³/mol. The van der Waals surface area contributed by atoms with E-state index in [-0.39, 0.29) is 17.1 Å². The van der Waals surface area contributed by atoms with Crippen molar-refractivity contribution in [2.45, 2.75) is 0 Å². The normalized spacial score (nSPS) is 10.8. The molecule has 0 aliphatic carbocycles. The molecule has 0 aliphatic heterocycles. The summed E-state index contributed by atoms with van der Waals surface area (Å²) in [4.78, 5) is 26.3. The van der Waals surface area contributed by atoms with Crippen LogP contribution in [0.1, 0.15) is 0 Å². The van der Waals surface area contributed by atoms with Crippen molar-refractivity contribution < 1.29 is 9.47 Å². The predicted octanol–water partition coefficient (Wildman–Crippen LogP) is 1.90. The van der Waals surface area contributed by atoms with Crippen molar-refractivity contribution >= 4 is 5.82 Å². The molecule has 10 nitrogen and oxygen atoms in total. The number of methoxy groups -OCH3 is 2. The molecule has 1 aromatic carbocycles. The number of anilines is 1. The van der Waals surface area contributed by atoms with Crippen LogP contribution in [0.4, 0.5) is 5.82 Å². The molecule has 3 aromatic heterocycles. The van der Waals surface area contributed by atoms with Crippen molar-refractivity contribution in [3.05, 3.63) is 53.3 Å². The zero-order valence-electron chi connectivity index (χ0n) is 17.5. The van der Waals surface area contributed by atoms with Crippen molar-refractivity contribution in [1.29, 1.82) is 0 Å². The summed E-state index contributed by atoms with van der Waals surface area (Å²) in [6.45, 7) is 0. The number of aromatic nitrogens is 6. The second-order valence-electron chi connectivity index (χ2n) is 6.88. The summed E-state index contributed by atoms with van der Waals surface area (Å²) in [6.07, 6.45) is 6.67. The topological polar surface area (TPSA) is 123 Å². The van der Waals surface area contributed by atoms with E-state index in [0.717, 1.165) is 5.56 Å². The molecule has 0 saturated heterocycles. The summed E-state index contributed by atoms with van der Waals surface area (Å²) in [6, 6.07) is 5.16. The number of nitrogens with zero attached hydrogens (tertiary/aromatic N) is 6. The van der Waals surface area contributed by atoms with Gasteiger partial charge in [0.15, 0.2) is 5.82 Å². The van der Waals surface area contributed by atoms with Crippen LogP contribution in [-0.2, 0) is 14.1 Å². The van der Waals surface area contributed by atoms with E-state index in [1.165, 1.54) is 4.57 Å². The molecule has 2 N–H and O–H groups in total. The second kappa shape index (κ2) is 7.90. The van der Waals surface area contributed by atoms with Crippen LogP contribution in [0.2, 0.25) is 0 Å². The molecule has 4 aromatic rings. The van der Waals surface area contributed by atoms with Crippen LogP contribution < -0.4 is 20.8 Å². The standard InChI is InChI=1S/C21H21N7O3/c1-27-11-17(19-20(22)23-9-16(25-19)13-8-24-28(2)10-13)26-18(21(27)29)12-5-14(30-3)7-15(6-12)31-4/h5-11H,1-4H3,(H2,22,23). The zero-order valence-corrected chi connectivity index (χ0v) is 17.5.